The van der Waals surface area contributed by atoms with Gasteiger partial charge in [-0.3, -0.25) is 5.32 Å². The van der Waals surface area contributed by atoms with Crippen molar-refractivity contribution in [3.8, 4) is 11.5 Å². The fourth-order valence-corrected chi connectivity index (χ4v) is 1.91. The van der Waals surface area contributed by atoms with Crippen molar-refractivity contribution in [2.24, 2.45) is 0 Å². The van der Waals surface area contributed by atoms with E-state index in [0.717, 1.165) is 6.07 Å². The minimum atomic E-state index is -0.715. The van der Waals surface area contributed by atoms with Gasteiger partial charge >= 0.3 is 6.09 Å². The minimum Gasteiger partial charge on any atom is -0.453 e. The molecule has 0 atom stereocenters. The van der Waals surface area contributed by atoms with Crippen LogP contribution in [0.1, 0.15) is 20.8 Å². The van der Waals surface area contributed by atoms with Gasteiger partial charge in [0.15, 0.2) is 23.1 Å². The average molecular weight is 354 g/mol. The van der Waals surface area contributed by atoms with E-state index in [1.807, 2.05) is 0 Å². The van der Waals surface area contributed by atoms with E-state index < -0.39 is 17.5 Å². The Kier molecular flexibility index (Phi) is 5.14. The molecule has 0 fully saturated rings. The summed E-state index contributed by atoms with van der Waals surface area (Å²) in [6.45, 7) is 5.18. The lowest BCUT2D eigenvalue weighted by Crippen LogP contribution is -2.27. The Morgan fingerprint density at radius 3 is 2.62 bits per heavy atom. The molecule has 1 heterocycles. The smallest absolute Gasteiger partial charge is 0.413 e. The molecule has 0 bridgehead atoms. The van der Waals surface area contributed by atoms with E-state index in [4.69, 9.17) is 26.8 Å². The van der Waals surface area contributed by atoms with Crippen molar-refractivity contribution in [3.63, 3.8) is 0 Å². The van der Waals surface area contributed by atoms with Crippen LogP contribution in [0.3, 0.4) is 0 Å². The van der Waals surface area contributed by atoms with Gasteiger partial charge in [-0.05, 0) is 32.9 Å². The monoisotopic (exact) mass is 353 g/mol. The lowest BCUT2D eigenvalue weighted by molar-refractivity contribution is 0.0635. The Bertz CT molecular complexity index is 763. The highest BCUT2D eigenvalue weighted by Crippen LogP contribution is 2.35. The van der Waals surface area contributed by atoms with Crippen LogP contribution in [-0.4, -0.2) is 16.7 Å². The topological polar surface area (TPSA) is 86.5 Å². The number of benzene rings is 1. The molecule has 6 nitrogen and oxygen atoms in total. The normalized spacial score (nSPS) is 11.0. The van der Waals surface area contributed by atoms with Crippen LogP contribution in [0, 0.1) is 5.82 Å². The molecule has 128 valence electrons. The molecule has 1 aromatic carbocycles. The fraction of sp³-hybridized carbons (Fsp3) is 0.250. The van der Waals surface area contributed by atoms with Gasteiger partial charge in [-0.2, -0.15) is 0 Å². The zero-order valence-corrected chi connectivity index (χ0v) is 14.1. The fourth-order valence-electron chi connectivity index (χ4n) is 1.71. The number of pyridine rings is 1. The first-order valence-corrected chi connectivity index (χ1v) is 7.41. The van der Waals surface area contributed by atoms with E-state index in [2.05, 4.69) is 10.3 Å². The Morgan fingerprint density at radius 2 is 2.00 bits per heavy atom. The zero-order valence-electron chi connectivity index (χ0n) is 13.4. The quantitative estimate of drug-likeness (QED) is 0.788. The Morgan fingerprint density at radius 1 is 1.29 bits per heavy atom. The summed E-state index contributed by atoms with van der Waals surface area (Å²) in [5, 5.41) is 2.43. The SMILES string of the molecule is CC(C)(C)OC(=O)Nc1nccc(Oc2ccc(N)cc2F)c1Cl. The van der Waals surface area contributed by atoms with Crippen LogP contribution >= 0.6 is 11.6 Å². The van der Waals surface area contributed by atoms with Crippen LogP contribution in [-0.2, 0) is 4.74 Å². The van der Waals surface area contributed by atoms with Crippen molar-refractivity contribution in [2.75, 3.05) is 11.1 Å². The van der Waals surface area contributed by atoms with Gasteiger partial charge in [0.2, 0.25) is 0 Å². The minimum absolute atomic E-state index is 0.0135. The molecule has 3 N–H and O–H groups in total. The Hall–Kier alpha value is -2.54. The second kappa shape index (κ2) is 6.92. The third kappa shape index (κ3) is 4.73. The van der Waals surface area contributed by atoms with E-state index in [0.29, 0.717) is 0 Å². The van der Waals surface area contributed by atoms with Crippen molar-refractivity contribution in [1.29, 1.82) is 0 Å². The largest absolute Gasteiger partial charge is 0.453 e. The number of anilines is 2. The summed E-state index contributed by atoms with van der Waals surface area (Å²) in [4.78, 5) is 15.7. The standard InChI is InChI=1S/C16H17ClFN3O3/c1-16(2,3)24-15(22)21-14-13(17)12(6-7-20-14)23-11-5-4-9(19)8-10(11)18/h4-8H,19H2,1-3H3,(H,20,21,22). The lowest BCUT2D eigenvalue weighted by atomic mass is 10.2. The van der Waals surface area contributed by atoms with Gasteiger partial charge in [0.25, 0.3) is 0 Å². The highest BCUT2D eigenvalue weighted by atomic mass is 35.5. The number of carbonyl (C=O) groups excluding carboxylic acids is 1. The summed E-state index contributed by atoms with van der Waals surface area (Å²) in [7, 11) is 0. The van der Waals surface area contributed by atoms with E-state index in [9.17, 15) is 9.18 Å². The van der Waals surface area contributed by atoms with Crippen LogP contribution in [0.25, 0.3) is 0 Å². The summed E-state index contributed by atoms with van der Waals surface area (Å²) < 4.78 is 24.4. The van der Waals surface area contributed by atoms with Gasteiger partial charge < -0.3 is 15.2 Å². The van der Waals surface area contributed by atoms with Gasteiger partial charge in [0.1, 0.15) is 10.6 Å². The molecule has 2 aromatic rings. The van der Waals surface area contributed by atoms with E-state index in [1.165, 1.54) is 24.4 Å². The van der Waals surface area contributed by atoms with Crippen molar-refractivity contribution >= 4 is 29.2 Å². The third-order valence-electron chi connectivity index (χ3n) is 2.65. The Balaban J connectivity index is 2.20. The number of hydrogen-bond donors (Lipinski definition) is 2. The molecule has 0 aliphatic heterocycles. The number of nitrogen functional groups attached to an aromatic ring is 1. The number of ether oxygens (including phenoxy) is 2. The van der Waals surface area contributed by atoms with Crippen LogP contribution in [0.15, 0.2) is 30.5 Å². The summed E-state index contributed by atoms with van der Waals surface area (Å²) in [5.41, 5.74) is 5.09. The van der Waals surface area contributed by atoms with E-state index >= 15 is 0 Å². The predicted molar refractivity (Wildman–Crippen MR) is 90.0 cm³/mol. The second-order valence-corrected chi connectivity index (χ2v) is 6.27. The highest BCUT2D eigenvalue weighted by molar-refractivity contribution is 6.34. The molecule has 2 rings (SSSR count). The van der Waals surface area contributed by atoms with Gasteiger partial charge in [-0.1, -0.05) is 11.6 Å². The molecule has 1 aromatic heterocycles. The number of hydrogen-bond acceptors (Lipinski definition) is 5. The first-order chi connectivity index (χ1) is 11.2. The molecule has 0 radical (unpaired) electrons. The highest BCUT2D eigenvalue weighted by Gasteiger charge is 2.19. The molecule has 0 spiro atoms. The lowest BCUT2D eigenvalue weighted by Gasteiger charge is -2.20. The predicted octanol–water partition coefficient (Wildman–Crippen LogP) is 4.60. The van der Waals surface area contributed by atoms with Gasteiger partial charge in [-0.15, -0.1) is 0 Å². The number of nitrogens with zero attached hydrogens (tertiary/aromatic N) is 1. The number of amides is 1. The maximum absolute atomic E-state index is 13.8. The molecule has 1 amide bonds. The molecule has 0 unspecified atom stereocenters. The first-order valence-electron chi connectivity index (χ1n) is 7.03. The molecular weight excluding hydrogens is 337 g/mol. The van der Waals surface area contributed by atoms with Gasteiger partial charge in [0, 0.05) is 24.0 Å². The molecule has 24 heavy (non-hydrogen) atoms. The first kappa shape index (κ1) is 17.8. The number of halogens is 2. The average Bonchev–Trinajstić information content (AvgIpc) is 2.44. The van der Waals surface area contributed by atoms with Crippen LogP contribution in [0.4, 0.5) is 20.7 Å². The van der Waals surface area contributed by atoms with Crippen molar-refractivity contribution in [2.45, 2.75) is 26.4 Å². The summed E-state index contributed by atoms with van der Waals surface area (Å²) in [6, 6.07) is 5.44. The van der Waals surface area contributed by atoms with E-state index in [-0.39, 0.29) is 28.0 Å². The summed E-state index contributed by atoms with van der Waals surface area (Å²) in [5.74, 6) is -0.522. The van der Waals surface area contributed by atoms with Gasteiger partial charge in [-0.25, -0.2) is 14.2 Å². The number of carbonyl (C=O) groups is 1. The van der Waals surface area contributed by atoms with Crippen LogP contribution in [0.2, 0.25) is 5.02 Å². The number of nitrogens with two attached hydrogens (primary N) is 1. The van der Waals surface area contributed by atoms with Gasteiger partial charge in [0.05, 0.1) is 0 Å². The molecule has 0 saturated carbocycles. The number of aromatic nitrogens is 1. The third-order valence-corrected chi connectivity index (χ3v) is 3.01. The van der Waals surface area contributed by atoms with Crippen molar-refractivity contribution < 1.29 is 18.7 Å². The molecule has 0 aliphatic carbocycles. The van der Waals surface area contributed by atoms with E-state index in [1.54, 1.807) is 20.8 Å². The second-order valence-electron chi connectivity index (χ2n) is 5.89. The molecule has 0 aliphatic rings. The molecule has 0 saturated heterocycles. The number of nitrogens with one attached hydrogen (secondary N) is 1. The van der Waals surface area contributed by atoms with Crippen LogP contribution in [0.5, 0.6) is 11.5 Å². The summed E-state index contributed by atoms with van der Waals surface area (Å²) >= 11 is 6.15. The Labute approximate surface area is 143 Å². The van der Waals surface area contributed by atoms with Crippen molar-refractivity contribution in [3.05, 3.63) is 41.3 Å². The van der Waals surface area contributed by atoms with Crippen LogP contribution < -0.4 is 15.8 Å². The molecular formula is C16H17ClFN3O3. The summed E-state index contributed by atoms with van der Waals surface area (Å²) in [6.07, 6.45) is 0.649. The molecule has 8 heteroatoms. The number of rotatable bonds is 3. The maximum atomic E-state index is 13.8. The maximum Gasteiger partial charge on any atom is 0.413 e. The zero-order chi connectivity index (χ0) is 17.9. The van der Waals surface area contributed by atoms with Crippen molar-refractivity contribution in [1.82, 2.24) is 4.98 Å².